The third kappa shape index (κ3) is 3.48. The molecule has 0 saturated heterocycles. The SMILES string of the molecule is CC(C)(CN)Nc1ncc(-c2cccc(F)c2)cn1. The van der Waals surface area contributed by atoms with Gasteiger partial charge >= 0.3 is 0 Å². The van der Waals surface area contributed by atoms with Crippen LogP contribution < -0.4 is 11.1 Å². The molecule has 19 heavy (non-hydrogen) atoms. The number of rotatable bonds is 4. The van der Waals surface area contributed by atoms with Gasteiger partial charge in [-0.25, -0.2) is 14.4 Å². The number of nitrogens with two attached hydrogens (primary N) is 1. The Morgan fingerprint density at radius 1 is 1.21 bits per heavy atom. The molecule has 2 rings (SSSR count). The zero-order chi connectivity index (χ0) is 13.9. The van der Waals surface area contributed by atoms with Gasteiger partial charge in [-0.1, -0.05) is 12.1 Å². The Labute approximate surface area is 111 Å². The van der Waals surface area contributed by atoms with Crippen molar-refractivity contribution in [3.63, 3.8) is 0 Å². The average Bonchev–Trinajstić information content (AvgIpc) is 2.39. The molecule has 0 radical (unpaired) electrons. The second-order valence-electron chi connectivity index (χ2n) is 5.02. The van der Waals surface area contributed by atoms with E-state index in [1.807, 2.05) is 19.9 Å². The van der Waals surface area contributed by atoms with E-state index in [2.05, 4.69) is 15.3 Å². The lowest BCUT2D eigenvalue weighted by Gasteiger charge is -2.23. The first-order valence-electron chi connectivity index (χ1n) is 6.06. The van der Waals surface area contributed by atoms with Crippen LogP contribution in [0.3, 0.4) is 0 Å². The molecular formula is C14H17FN4. The summed E-state index contributed by atoms with van der Waals surface area (Å²) in [6.45, 7) is 4.41. The van der Waals surface area contributed by atoms with Gasteiger partial charge in [0.25, 0.3) is 0 Å². The zero-order valence-electron chi connectivity index (χ0n) is 11.0. The highest BCUT2D eigenvalue weighted by Crippen LogP contribution is 2.19. The minimum absolute atomic E-state index is 0.264. The Balaban J connectivity index is 2.19. The van der Waals surface area contributed by atoms with Gasteiger partial charge < -0.3 is 11.1 Å². The number of halogens is 1. The van der Waals surface area contributed by atoms with E-state index in [0.29, 0.717) is 12.5 Å². The third-order valence-electron chi connectivity index (χ3n) is 2.77. The molecule has 2 aromatic rings. The number of aromatic nitrogens is 2. The van der Waals surface area contributed by atoms with Crippen LogP contribution in [0, 0.1) is 5.82 Å². The van der Waals surface area contributed by atoms with Crippen molar-refractivity contribution >= 4 is 5.95 Å². The quantitative estimate of drug-likeness (QED) is 0.886. The Morgan fingerprint density at radius 2 is 1.89 bits per heavy atom. The van der Waals surface area contributed by atoms with Crippen LogP contribution in [0.25, 0.3) is 11.1 Å². The molecule has 0 atom stereocenters. The van der Waals surface area contributed by atoms with Gasteiger partial charge in [0.1, 0.15) is 5.82 Å². The maximum atomic E-state index is 13.1. The molecule has 0 bridgehead atoms. The minimum Gasteiger partial charge on any atom is -0.348 e. The first kappa shape index (κ1) is 13.4. The molecule has 0 amide bonds. The predicted molar refractivity (Wildman–Crippen MR) is 74.2 cm³/mol. The van der Waals surface area contributed by atoms with E-state index in [9.17, 15) is 4.39 Å². The summed E-state index contributed by atoms with van der Waals surface area (Å²) in [5, 5.41) is 3.14. The smallest absolute Gasteiger partial charge is 0.223 e. The summed E-state index contributed by atoms with van der Waals surface area (Å²) in [6.07, 6.45) is 3.33. The van der Waals surface area contributed by atoms with Crippen LogP contribution >= 0.6 is 0 Å². The van der Waals surface area contributed by atoms with Crippen LogP contribution in [-0.4, -0.2) is 22.1 Å². The average molecular weight is 260 g/mol. The molecule has 1 aromatic carbocycles. The molecule has 0 aliphatic carbocycles. The molecule has 1 heterocycles. The summed E-state index contributed by atoms with van der Waals surface area (Å²) in [5.74, 6) is 0.236. The summed E-state index contributed by atoms with van der Waals surface area (Å²) < 4.78 is 13.1. The fourth-order valence-electron chi connectivity index (χ4n) is 1.56. The lowest BCUT2D eigenvalue weighted by atomic mass is 10.1. The van der Waals surface area contributed by atoms with Crippen LogP contribution in [0.4, 0.5) is 10.3 Å². The summed E-state index contributed by atoms with van der Waals surface area (Å²) in [5.41, 5.74) is 6.90. The topological polar surface area (TPSA) is 63.8 Å². The Kier molecular flexibility index (Phi) is 3.76. The van der Waals surface area contributed by atoms with Crippen molar-refractivity contribution in [3.8, 4) is 11.1 Å². The highest BCUT2D eigenvalue weighted by molar-refractivity contribution is 5.61. The fraction of sp³-hybridized carbons (Fsp3) is 0.286. The van der Waals surface area contributed by atoms with E-state index in [-0.39, 0.29) is 11.4 Å². The Bertz CT molecular complexity index is 552. The minimum atomic E-state index is -0.274. The molecule has 0 saturated carbocycles. The molecule has 0 aliphatic heterocycles. The van der Waals surface area contributed by atoms with Crippen LogP contribution in [0.5, 0.6) is 0 Å². The lowest BCUT2D eigenvalue weighted by Crippen LogP contribution is -2.39. The van der Waals surface area contributed by atoms with Crippen LogP contribution in [-0.2, 0) is 0 Å². The molecule has 0 unspecified atom stereocenters. The number of benzene rings is 1. The van der Waals surface area contributed by atoms with Crippen molar-refractivity contribution in [1.29, 1.82) is 0 Å². The number of hydrogen-bond acceptors (Lipinski definition) is 4. The van der Waals surface area contributed by atoms with Crippen molar-refractivity contribution in [2.75, 3.05) is 11.9 Å². The van der Waals surface area contributed by atoms with Gasteiger partial charge in [-0.2, -0.15) is 0 Å². The Hall–Kier alpha value is -2.01. The second kappa shape index (κ2) is 5.32. The van der Waals surface area contributed by atoms with Crippen molar-refractivity contribution in [2.24, 2.45) is 5.73 Å². The van der Waals surface area contributed by atoms with Gasteiger partial charge in [0.05, 0.1) is 0 Å². The molecule has 0 spiro atoms. The van der Waals surface area contributed by atoms with Crippen LogP contribution in [0.2, 0.25) is 0 Å². The van der Waals surface area contributed by atoms with Crippen molar-refractivity contribution in [2.45, 2.75) is 19.4 Å². The fourth-order valence-corrected chi connectivity index (χ4v) is 1.56. The van der Waals surface area contributed by atoms with Crippen LogP contribution in [0.15, 0.2) is 36.7 Å². The number of nitrogens with zero attached hydrogens (tertiary/aromatic N) is 2. The maximum absolute atomic E-state index is 13.1. The molecule has 1 aromatic heterocycles. The number of nitrogens with one attached hydrogen (secondary N) is 1. The number of hydrogen-bond donors (Lipinski definition) is 2. The molecule has 5 heteroatoms. The predicted octanol–water partition coefficient (Wildman–Crippen LogP) is 2.43. The van der Waals surface area contributed by atoms with Gasteiger partial charge in [0, 0.05) is 30.0 Å². The molecule has 4 nitrogen and oxygen atoms in total. The summed E-state index contributed by atoms with van der Waals surface area (Å²) >= 11 is 0. The van der Waals surface area contributed by atoms with Gasteiger partial charge in [-0.15, -0.1) is 0 Å². The van der Waals surface area contributed by atoms with Gasteiger partial charge in [-0.3, -0.25) is 0 Å². The van der Waals surface area contributed by atoms with Gasteiger partial charge in [-0.05, 0) is 31.5 Å². The molecule has 100 valence electrons. The first-order valence-corrected chi connectivity index (χ1v) is 6.06. The summed E-state index contributed by atoms with van der Waals surface area (Å²) in [7, 11) is 0. The van der Waals surface area contributed by atoms with E-state index in [1.54, 1.807) is 18.5 Å². The number of anilines is 1. The molecular weight excluding hydrogens is 243 g/mol. The highest BCUT2D eigenvalue weighted by Gasteiger charge is 2.15. The van der Waals surface area contributed by atoms with Crippen molar-refractivity contribution in [3.05, 3.63) is 42.5 Å². The van der Waals surface area contributed by atoms with E-state index >= 15 is 0 Å². The van der Waals surface area contributed by atoms with E-state index in [1.165, 1.54) is 12.1 Å². The van der Waals surface area contributed by atoms with Crippen LogP contribution in [0.1, 0.15) is 13.8 Å². The summed E-state index contributed by atoms with van der Waals surface area (Å²) in [6, 6.07) is 6.34. The van der Waals surface area contributed by atoms with Gasteiger partial charge in [0.2, 0.25) is 5.95 Å². The molecule has 3 N–H and O–H groups in total. The molecule has 0 fully saturated rings. The first-order chi connectivity index (χ1) is 9.00. The van der Waals surface area contributed by atoms with E-state index < -0.39 is 0 Å². The normalized spacial score (nSPS) is 11.4. The van der Waals surface area contributed by atoms with Crippen molar-refractivity contribution < 1.29 is 4.39 Å². The standard InChI is InChI=1S/C14H17FN4/c1-14(2,9-16)19-13-17-7-11(8-18-13)10-4-3-5-12(15)6-10/h3-8H,9,16H2,1-2H3,(H,17,18,19). The third-order valence-corrected chi connectivity index (χ3v) is 2.77. The van der Waals surface area contributed by atoms with E-state index in [4.69, 9.17) is 5.73 Å². The Morgan fingerprint density at radius 3 is 2.47 bits per heavy atom. The second-order valence-corrected chi connectivity index (χ2v) is 5.02. The largest absolute Gasteiger partial charge is 0.348 e. The summed E-state index contributed by atoms with van der Waals surface area (Å²) in [4.78, 5) is 8.44. The molecule has 0 aliphatic rings. The van der Waals surface area contributed by atoms with E-state index in [0.717, 1.165) is 11.1 Å². The maximum Gasteiger partial charge on any atom is 0.223 e. The van der Waals surface area contributed by atoms with Crippen molar-refractivity contribution in [1.82, 2.24) is 9.97 Å². The van der Waals surface area contributed by atoms with Gasteiger partial charge in [0.15, 0.2) is 0 Å². The zero-order valence-corrected chi connectivity index (χ0v) is 11.0. The highest BCUT2D eigenvalue weighted by atomic mass is 19.1. The monoisotopic (exact) mass is 260 g/mol. The lowest BCUT2D eigenvalue weighted by molar-refractivity contribution is 0.574.